The van der Waals surface area contributed by atoms with Gasteiger partial charge in [-0.3, -0.25) is 4.90 Å². The van der Waals surface area contributed by atoms with Gasteiger partial charge in [0.1, 0.15) is 5.82 Å². The summed E-state index contributed by atoms with van der Waals surface area (Å²) in [5, 5.41) is 6.29. The molecule has 2 saturated heterocycles. The number of sulfonamides is 1. The van der Waals surface area contributed by atoms with Crippen LogP contribution >= 0.6 is 0 Å². The standard InChI is InChI=1S/C27H34N8O2S/c1-18-13-20(4-7-25(18)35-17-21-14-22(35)16-34(21)2)32-27-29-10-9-24(33-27)19-3-8-26(30-15-19)28-11-12-31-38(36,37)23-5-6-23/h3-4,7-10,13,15,21-23,31H,5-6,11-12,14,16-17H2,1-2H3,(H,28,30)(H,29,32,33)/t21-,22-/m0/s1. The minimum atomic E-state index is -3.16. The second kappa shape index (κ2) is 10.1. The van der Waals surface area contributed by atoms with Crippen LogP contribution in [0.1, 0.15) is 24.8 Å². The zero-order chi connectivity index (χ0) is 26.3. The van der Waals surface area contributed by atoms with Crippen LogP contribution in [0, 0.1) is 6.92 Å². The number of hydrogen-bond donors (Lipinski definition) is 3. The van der Waals surface area contributed by atoms with Gasteiger partial charge in [-0.1, -0.05) is 0 Å². The number of rotatable bonds is 10. The number of benzene rings is 1. The van der Waals surface area contributed by atoms with Gasteiger partial charge in [-0.2, -0.15) is 0 Å². The Morgan fingerprint density at radius 1 is 1.03 bits per heavy atom. The van der Waals surface area contributed by atoms with Crippen LogP contribution in [0.3, 0.4) is 0 Å². The Kier molecular flexibility index (Phi) is 6.67. The molecule has 2 aromatic heterocycles. The van der Waals surface area contributed by atoms with Gasteiger partial charge in [-0.25, -0.2) is 28.1 Å². The molecular formula is C27H34N8O2S. The van der Waals surface area contributed by atoms with Crippen molar-refractivity contribution in [3.05, 3.63) is 54.4 Å². The fraction of sp³-hybridized carbons (Fsp3) is 0.444. The van der Waals surface area contributed by atoms with E-state index in [0.717, 1.165) is 42.9 Å². The van der Waals surface area contributed by atoms with Crippen molar-refractivity contribution < 1.29 is 8.42 Å². The lowest BCUT2D eigenvalue weighted by Gasteiger charge is -2.34. The van der Waals surface area contributed by atoms with Crippen LogP contribution < -0.4 is 20.3 Å². The van der Waals surface area contributed by atoms with Gasteiger partial charge in [0.25, 0.3) is 0 Å². The molecule has 0 radical (unpaired) electrons. The summed E-state index contributed by atoms with van der Waals surface area (Å²) in [5.74, 6) is 1.21. The summed E-state index contributed by atoms with van der Waals surface area (Å²) < 4.78 is 26.4. The number of anilines is 4. The fourth-order valence-corrected chi connectivity index (χ4v) is 6.83. The van der Waals surface area contributed by atoms with Crippen molar-refractivity contribution in [1.29, 1.82) is 0 Å². The van der Waals surface area contributed by atoms with Gasteiger partial charge in [0, 0.05) is 67.6 Å². The highest BCUT2D eigenvalue weighted by Crippen LogP contribution is 2.36. The normalized spacial score (nSPS) is 21.2. The zero-order valence-corrected chi connectivity index (χ0v) is 22.6. The number of pyridine rings is 1. The van der Waals surface area contributed by atoms with Gasteiger partial charge >= 0.3 is 0 Å². The molecule has 0 amide bonds. The van der Waals surface area contributed by atoms with Gasteiger partial charge in [-0.15, -0.1) is 0 Å². The van der Waals surface area contributed by atoms with E-state index in [4.69, 9.17) is 0 Å². The number of hydrogen-bond acceptors (Lipinski definition) is 9. The summed E-state index contributed by atoms with van der Waals surface area (Å²) in [6.45, 7) is 5.20. The summed E-state index contributed by atoms with van der Waals surface area (Å²) in [7, 11) is -0.933. The molecule has 3 aromatic rings. The number of aryl methyl sites for hydroxylation is 1. The second-order valence-corrected chi connectivity index (χ2v) is 12.6. The molecule has 0 spiro atoms. The molecule has 200 valence electrons. The molecule has 4 heterocycles. The number of piperazine rings is 1. The smallest absolute Gasteiger partial charge is 0.227 e. The molecule has 10 nitrogen and oxygen atoms in total. The van der Waals surface area contributed by atoms with E-state index < -0.39 is 10.0 Å². The van der Waals surface area contributed by atoms with Crippen LogP contribution in [0.15, 0.2) is 48.8 Å². The summed E-state index contributed by atoms with van der Waals surface area (Å²) in [6.07, 6.45) is 6.26. The van der Waals surface area contributed by atoms with Crippen LogP contribution in [0.5, 0.6) is 0 Å². The van der Waals surface area contributed by atoms with Gasteiger partial charge in [0.05, 0.1) is 10.9 Å². The first kappa shape index (κ1) is 25.0. The van der Waals surface area contributed by atoms with E-state index in [2.05, 4.69) is 72.3 Å². The lowest BCUT2D eigenvalue weighted by molar-refractivity contribution is 0.292. The van der Waals surface area contributed by atoms with Crippen LogP contribution in [0.2, 0.25) is 0 Å². The fourth-order valence-electron chi connectivity index (χ4n) is 5.46. The number of likely N-dealkylation sites (N-methyl/N-ethyl adjacent to an activating group) is 1. The van der Waals surface area contributed by atoms with Crippen LogP contribution in [0.4, 0.5) is 23.1 Å². The minimum Gasteiger partial charge on any atom is -0.369 e. The number of likely N-dealkylation sites (tertiary alicyclic amines) is 1. The number of fused-ring (bicyclic) bond motifs is 2. The Hall–Kier alpha value is -3.28. The maximum absolute atomic E-state index is 11.9. The van der Waals surface area contributed by atoms with Gasteiger partial charge < -0.3 is 15.5 Å². The highest BCUT2D eigenvalue weighted by atomic mass is 32.2. The maximum Gasteiger partial charge on any atom is 0.227 e. The minimum absolute atomic E-state index is 0.205. The lowest BCUT2D eigenvalue weighted by Crippen LogP contribution is -2.44. The molecule has 3 aliphatic rings. The highest BCUT2D eigenvalue weighted by molar-refractivity contribution is 7.90. The van der Waals surface area contributed by atoms with Gasteiger partial charge in [0.2, 0.25) is 16.0 Å². The predicted octanol–water partition coefficient (Wildman–Crippen LogP) is 2.98. The first-order valence-corrected chi connectivity index (χ1v) is 14.8. The lowest BCUT2D eigenvalue weighted by atomic mass is 10.1. The van der Waals surface area contributed by atoms with E-state index in [1.807, 2.05) is 18.2 Å². The third-order valence-electron chi connectivity index (χ3n) is 7.69. The Morgan fingerprint density at radius 3 is 2.58 bits per heavy atom. The molecule has 2 atom stereocenters. The first-order valence-electron chi connectivity index (χ1n) is 13.2. The zero-order valence-electron chi connectivity index (χ0n) is 21.8. The van der Waals surface area contributed by atoms with E-state index in [1.54, 1.807) is 12.4 Å². The number of nitrogens with one attached hydrogen (secondary N) is 3. The SMILES string of the molecule is Cc1cc(Nc2nccc(-c3ccc(NCCNS(=O)(=O)C4CC4)nc3)n2)ccc1N1C[C@@H]2C[C@H]1CN2C. The van der Waals surface area contributed by atoms with Crippen molar-refractivity contribution in [3.63, 3.8) is 0 Å². The topological polar surface area (TPSA) is 115 Å². The Labute approximate surface area is 223 Å². The van der Waals surface area contributed by atoms with Gasteiger partial charge in [-0.05, 0) is 75.2 Å². The molecule has 11 heteroatoms. The van der Waals surface area contributed by atoms with Crippen molar-refractivity contribution in [2.75, 3.05) is 48.8 Å². The average Bonchev–Trinajstić information content (AvgIpc) is 3.62. The maximum atomic E-state index is 11.9. The Bertz CT molecular complexity index is 1410. The molecule has 0 unspecified atom stereocenters. The van der Waals surface area contributed by atoms with Crippen LogP contribution in [0.25, 0.3) is 11.3 Å². The van der Waals surface area contributed by atoms with E-state index in [-0.39, 0.29) is 5.25 Å². The van der Waals surface area contributed by atoms with E-state index in [9.17, 15) is 8.42 Å². The number of aromatic nitrogens is 3. The monoisotopic (exact) mass is 534 g/mol. The molecular weight excluding hydrogens is 500 g/mol. The molecule has 38 heavy (non-hydrogen) atoms. The quantitative estimate of drug-likeness (QED) is 0.338. The van der Waals surface area contributed by atoms with Crippen molar-refractivity contribution in [2.45, 2.75) is 43.5 Å². The van der Waals surface area contributed by atoms with Crippen molar-refractivity contribution in [3.8, 4) is 11.3 Å². The van der Waals surface area contributed by atoms with Crippen molar-refractivity contribution >= 4 is 33.2 Å². The van der Waals surface area contributed by atoms with E-state index >= 15 is 0 Å². The molecule has 2 aliphatic heterocycles. The molecule has 2 bridgehead atoms. The summed E-state index contributed by atoms with van der Waals surface area (Å²) in [4.78, 5) is 18.6. The third-order valence-corrected chi connectivity index (χ3v) is 9.64. The first-order chi connectivity index (χ1) is 18.4. The highest BCUT2D eigenvalue weighted by Gasteiger charge is 2.41. The molecule has 3 N–H and O–H groups in total. The van der Waals surface area contributed by atoms with E-state index in [1.165, 1.54) is 17.7 Å². The van der Waals surface area contributed by atoms with Crippen molar-refractivity contribution in [1.82, 2.24) is 24.6 Å². The number of nitrogens with zero attached hydrogens (tertiary/aromatic N) is 5. The molecule has 1 saturated carbocycles. The molecule has 3 fully saturated rings. The van der Waals surface area contributed by atoms with Crippen LogP contribution in [-0.2, 0) is 10.0 Å². The summed E-state index contributed by atoms with van der Waals surface area (Å²) in [6, 6.07) is 13.4. The molecule has 6 rings (SSSR count). The summed E-state index contributed by atoms with van der Waals surface area (Å²) in [5.41, 5.74) is 5.15. The molecule has 1 aliphatic carbocycles. The largest absolute Gasteiger partial charge is 0.369 e. The predicted molar refractivity (Wildman–Crippen MR) is 150 cm³/mol. The van der Waals surface area contributed by atoms with Crippen molar-refractivity contribution in [2.24, 2.45) is 0 Å². The summed E-state index contributed by atoms with van der Waals surface area (Å²) >= 11 is 0. The van der Waals surface area contributed by atoms with Gasteiger partial charge in [0.15, 0.2) is 0 Å². The Morgan fingerprint density at radius 2 is 1.89 bits per heavy atom. The molecule has 1 aromatic carbocycles. The van der Waals surface area contributed by atoms with E-state index in [0.29, 0.717) is 36.9 Å². The van der Waals surface area contributed by atoms with Crippen LogP contribution in [-0.4, -0.2) is 78.8 Å². The third kappa shape index (κ3) is 5.31. The Balaban J connectivity index is 1.06. The second-order valence-electron chi connectivity index (χ2n) is 10.5. The average molecular weight is 535 g/mol.